The Hall–Kier alpha value is 0.260. The molecule has 0 N–H and O–H groups in total. The van der Waals surface area contributed by atoms with Crippen LogP contribution in [0.1, 0.15) is 6.42 Å². The lowest BCUT2D eigenvalue weighted by Gasteiger charge is -1.94. The molecule has 0 fully saturated rings. The molecular formula is C5H8ClOP. The highest BCUT2D eigenvalue weighted by molar-refractivity contribution is 7.66. The zero-order valence-electron chi connectivity index (χ0n) is 4.72. The van der Waals surface area contributed by atoms with Crippen molar-refractivity contribution in [3.05, 3.63) is 10.8 Å². The summed E-state index contributed by atoms with van der Waals surface area (Å²) in [5.74, 6) is 1.70. The SMILES string of the molecule is CP1(=O)C=C(Cl)CC1. The smallest absolute Gasteiger partial charge is 0.107 e. The molecule has 0 amide bonds. The molecule has 0 bridgehead atoms. The van der Waals surface area contributed by atoms with E-state index < -0.39 is 7.14 Å². The Balaban J connectivity index is 2.82. The van der Waals surface area contributed by atoms with Crippen molar-refractivity contribution in [3.8, 4) is 0 Å². The maximum absolute atomic E-state index is 11.1. The fourth-order valence-corrected chi connectivity index (χ4v) is 3.14. The molecule has 0 aliphatic carbocycles. The largest absolute Gasteiger partial charge is 0.319 e. The Morgan fingerprint density at radius 1 is 1.88 bits per heavy atom. The van der Waals surface area contributed by atoms with Crippen LogP contribution in [0, 0.1) is 0 Å². The highest BCUT2D eigenvalue weighted by atomic mass is 35.5. The molecule has 1 aliphatic heterocycles. The topological polar surface area (TPSA) is 17.1 Å². The fourth-order valence-electron chi connectivity index (χ4n) is 0.754. The zero-order valence-corrected chi connectivity index (χ0v) is 6.38. The summed E-state index contributed by atoms with van der Waals surface area (Å²) >= 11 is 5.59. The first-order valence-corrected chi connectivity index (χ1v) is 5.32. The first-order valence-electron chi connectivity index (χ1n) is 2.54. The molecule has 0 saturated carbocycles. The van der Waals surface area contributed by atoms with Gasteiger partial charge in [0.25, 0.3) is 0 Å². The molecule has 0 aromatic rings. The van der Waals surface area contributed by atoms with Crippen molar-refractivity contribution in [3.63, 3.8) is 0 Å². The van der Waals surface area contributed by atoms with Gasteiger partial charge in [-0.05, 0) is 18.9 Å². The zero-order chi connectivity index (χ0) is 6.20. The molecule has 1 unspecified atom stereocenters. The van der Waals surface area contributed by atoms with Crippen molar-refractivity contribution in [1.29, 1.82) is 0 Å². The predicted octanol–water partition coefficient (Wildman–Crippen LogP) is 2.46. The van der Waals surface area contributed by atoms with Crippen molar-refractivity contribution in [1.82, 2.24) is 0 Å². The quantitative estimate of drug-likeness (QED) is 0.485. The Bertz CT molecular complexity index is 173. The third-order valence-corrected chi connectivity index (χ3v) is 3.63. The van der Waals surface area contributed by atoms with E-state index in [1.165, 1.54) is 0 Å². The van der Waals surface area contributed by atoms with E-state index in [0.29, 0.717) is 0 Å². The standard InChI is InChI=1S/C5H8ClOP/c1-8(7)3-2-5(6)4-8/h4H,2-3H2,1H3. The molecule has 3 heteroatoms. The minimum absolute atomic E-state index is 0.770. The van der Waals surface area contributed by atoms with Gasteiger partial charge in [-0.1, -0.05) is 11.6 Å². The number of hydrogen-bond acceptors (Lipinski definition) is 1. The summed E-state index contributed by atoms with van der Waals surface area (Å²) in [4.78, 5) is 0. The normalized spacial score (nSPS) is 37.5. The lowest BCUT2D eigenvalue weighted by atomic mass is 10.5. The number of hydrogen-bond donors (Lipinski definition) is 0. The van der Waals surface area contributed by atoms with Crippen LogP contribution in [-0.4, -0.2) is 12.8 Å². The van der Waals surface area contributed by atoms with Crippen LogP contribution >= 0.6 is 18.7 Å². The van der Waals surface area contributed by atoms with Gasteiger partial charge in [0.1, 0.15) is 7.14 Å². The third kappa shape index (κ3) is 1.37. The molecule has 0 aromatic carbocycles. The van der Waals surface area contributed by atoms with Gasteiger partial charge in [-0.3, -0.25) is 0 Å². The maximum atomic E-state index is 11.1. The Labute approximate surface area is 54.1 Å². The number of rotatable bonds is 0. The van der Waals surface area contributed by atoms with Crippen LogP contribution < -0.4 is 0 Å². The van der Waals surface area contributed by atoms with Crippen LogP contribution in [0.4, 0.5) is 0 Å². The van der Waals surface area contributed by atoms with Crippen LogP contribution in [0.15, 0.2) is 10.8 Å². The van der Waals surface area contributed by atoms with Crippen molar-refractivity contribution >= 4 is 18.7 Å². The summed E-state index contributed by atoms with van der Waals surface area (Å²) in [6.45, 7) is 1.77. The first-order chi connectivity index (χ1) is 3.60. The van der Waals surface area contributed by atoms with Gasteiger partial charge < -0.3 is 4.57 Å². The molecule has 1 heterocycles. The molecule has 1 rings (SSSR count). The van der Waals surface area contributed by atoms with Gasteiger partial charge in [-0.2, -0.15) is 0 Å². The first kappa shape index (κ1) is 6.38. The monoisotopic (exact) mass is 150 g/mol. The maximum Gasteiger partial charge on any atom is 0.107 e. The van der Waals surface area contributed by atoms with Gasteiger partial charge in [-0.25, -0.2) is 0 Å². The second-order valence-corrected chi connectivity index (χ2v) is 5.76. The average Bonchev–Trinajstić information content (AvgIpc) is 1.82. The minimum Gasteiger partial charge on any atom is -0.319 e. The van der Waals surface area contributed by atoms with E-state index in [2.05, 4.69) is 0 Å². The number of halogens is 1. The summed E-state index contributed by atoms with van der Waals surface area (Å²) in [5.41, 5.74) is 0. The molecule has 0 aromatic heterocycles. The summed E-state index contributed by atoms with van der Waals surface area (Å²) in [6.07, 6.45) is 1.58. The molecule has 0 radical (unpaired) electrons. The van der Waals surface area contributed by atoms with Crippen LogP contribution in [0.25, 0.3) is 0 Å². The highest BCUT2D eigenvalue weighted by Gasteiger charge is 2.19. The molecular weight excluding hydrogens is 142 g/mol. The third-order valence-electron chi connectivity index (χ3n) is 1.21. The van der Waals surface area contributed by atoms with E-state index in [4.69, 9.17) is 11.6 Å². The van der Waals surface area contributed by atoms with E-state index in [1.807, 2.05) is 0 Å². The summed E-state index contributed by atoms with van der Waals surface area (Å²) in [7, 11) is -1.89. The summed E-state index contributed by atoms with van der Waals surface area (Å²) < 4.78 is 11.1. The van der Waals surface area contributed by atoms with Crippen molar-refractivity contribution in [2.45, 2.75) is 6.42 Å². The average molecular weight is 151 g/mol. The van der Waals surface area contributed by atoms with Crippen LogP contribution in [-0.2, 0) is 4.57 Å². The Kier molecular flexibility index (Phi) is 1.51. The highest BCUT2D eigenvalue weighted by Crippen LogP contribution is 2.51. The number of allylic oxidation sites excluding steroid dienone is 1. The van der Waals surface area contributed by atoms with Gasteiger partial charge >= 0.3 is 0 Å². The van der Waals surface area contributed by atoms with Gasteiger partial charge in [0.2, 0.25) is 0 Å². The van der Waals surface area contributed by atoms with Gasteiger partial charge in [0.15, 0.2) is 0 Å². The van der Waals surface area contributed by atoms with Crippen molar-refractivity contribution in [2.75, 3.05) is 12.8 Å². The molecule has 0 spiro atoms. The predicted molar refractivity (Wildman–Crippen MR) is 37.0 cm³/mol. The Morgan fingerprint density at radius 3 is 2.62 bits per heavy atom. The van der Waals surface area contributed by atoms with E-state index >= 15 is 0 Å². The van der Waals surface area contributed by atoms with E-state index in [1.54, 1.807) is 12.5 Å². The summed E-state index contributed by atoms with van der Waals surface area (Å²) in [6, 6.07) is 0. The fraction of sp³-hybridized carbons (Fsp3) is 0.600. The minimum atomic E-state index is -1.89. The van der Waals surface area contributed by atoms with E-state index in [-0.39, 0.29) is 0 Å². The molecule has 1 atom stereocenters. The second-order valence-electron chi connectivity index (χ2n) is 2.22. The van der Waals surface area contributed by atoms with Gasteiger partial charge in [-0.15, -0.1) is 0 Å². The van der Waals surface area contributed by atoms with Crippen molar-refractivity contribution < 1.29 is 4.57 Å². The molecule has 1 nitrogen and oxygen atoms in total. The molecule has 46 valence electrons. The van der Waals surface area contributed by atoms with Crippen LogP contribution in [0.3, 0.4) is 0 Å². The molecule has 1 aliphatic rings. The van der Waals surface area contributed by atoms with Crippen LogP contribution in [0.5, 0.6) is 0 Å². The second kappa shape index (κ2) is 1.89. The summed E-state index contributed by atoms with van der Waals surface area (Å²) in [5, 5.41) is 0.774. The van der Waals surface area contributed by atoms with Crippen LogP contribution in [0.2, 0.25) is 0 Å². The van der Waals surface area contributed by atoms with Gasteiger partial charge in [0.05, 0.1) is 0 Å². The molecule has 8 heavy (non-hydrogen) atoms. The lowest BCUT2D eigenvalue weighted by Crippen LogP contribution is -1.72. The Morgan fingerprint density at radius 2 is 2.50 bits per heavy atom. The van der Waals surface area contributed by atoms with Crippen molar-refractivity contribution in [2.24, 2.45) is 0 Å². The van der Waals surface area contributed by atoms with E-state index in [9.17, 15) is 4.57 Å². The molecule has 0 saturated heterocycles. The lowest BCUT2D eigenvalue weighted by molar-refractivity contribution is 0.585. The van der Waals surface area contributed by atoms with Gasteiger partial charge in [0, 0.05) is 11.2 Å². The van der Waals surface area contributed by atoms with E-state index in [0.717, 1.165) is 17.6 Å².